The van der Waals surface area contributed by atoms with Crippen LogP contribution in [0.25, 0.3) is 0 Å². The van der Waals surface area contributed by atoms with Crippen LogP contribution < -0.4 is 0 Å². The number of aliphatic hydroxyl groups excluding tert-OH is 2. The molecule has 0 aromatic carbocycles. The van der Waals surface area contributed by atoms with Crippen LogP contribution in [0.1, 0.15) is 0 Å². The van der Waals surface area contributed by atoms with Crippen LogP contribution in [-0.4, -0.2) is 59.8 Å². The van der Waals surface area contributed by atoms with Crippen LogP contribution in [0.5, 0.6) is 0 Å². The van der Waals surface area contributed by atoms with Crippen LogP contribution in [0, 0.1) is 0 Å². The molecule has 0 rings (SSSR count). The molecule has 0 spiro atoms. The number of hydrogen-bond donors (Lipinski definition) is 4. The van der Waals surface area contributed by atoms with Gasteiger partial charge in [0, 0.05) is 0 Å². The Kier molecular flexibility index (Phi) is 15.7. The second-order valence-corrected chi connectivity index (χ2v) is 1.79. The van der Waals surface area contributed by atoms with Gasteiger partial charge in [-0.3, -0.25) is 9.11 Å². The molecule has 0 unspecified atom stereocenters. The zero-order valence-electron chi connectivity index (χ0n) is 4.43. The molecule has 0 fully saturated rings. The Morgan fingerprint density at radius 3 is 1.10 bits per heavy atom. The molecule has 0 aliphatic heterocycles. The summed E-state index contributed by atoms with van der Waals surface area (Å²) in [6.07, 6.45) is 0. The summed E-state index contributed by atoms with van der Waals surface area (Å²) in [5, 5.41) is 15.2. The summed E-state index contributed by atoms with van der Waals surface area (Å²) in [5.74, 6) is 0. The fraction of sp³-hybridized carbons (Fsp3) is 1.00. The molecule has 0 radical (unpaired) electrons. The van der Waals surface area contributed by atoms with Gasteiger partial charge < -0.3 is 10.2 Å². The monoisotopic (exact) mass is 168 g/mol. The molecule has 0 saturated heterocycles. The average molecular weight is 168 g/mol. The van der Waals surface area contributed by atoms with Gasteiger partial charge in [0.25, 0.3) is 0 Å². The third-order valence-electron chi connectivity index (χ3n) is 0.1000. The molecule has 0 aliphatic rings. The van der Waals surface area contributed by atoms with Gasteiger partial charge in [-0.1, -0.05) is 0 Å². The summed E-state index contributed by atoms with van der Waals surface area (Å²) < 4.78 is 31.6. The molecule has 0 saturated carbocycles. The maximum atomic E-state index is 8.74. The Hall–Kier alpha value is 0.387. The summed E-state index contributed by atoms with van der Waals surface area (Å²) >= 11 is 0. The van der Waals surface area contributed by atoms with Crippen molar-refractivity contribution < 1.29 is 27.7 Å². The zero-order chi connectivity index (χ0) is 7.91. The van der Waals surface area contributed by atoms with Crippen LogP contribution in [0.4, 0.5) is 0 Å². The van der Waals surface area contributed by atoms with E-state index in [4.69, 9.17) is 27.7 Å². The van der Waals surface area contributed by atoms with E-state index >= 15 is 0 Å². The summed E-state index contributed by atoms with van der Waals surface area (Å²) in [4.78, 5) is 0. The Bertz CT molecular complexity index is 119. The summed E-state index contributed by atoms with van der Waals surface area (Å²) in [5.41, 5.74) is 0. The van der Waals surface area contributed by atoms with Crippen molar-refractivity contribution >= 4 is 29.3 Å². The van der Waals surface area contributed by atoms with E-state index < -0.39 is 10.4 Å². The van der Waals surface area contributed by atoms with Crippen molar-refractivity contribution in [3.05, 3.63) is 0 Å². The molecule has 0 amide bonds. The van der Waals surface area contributed by atoms with Gasteiger partial charge in [-0.15, -0.1) is 0 Å². The Balaban J connectivity index is -0.0000000910. The quantitative estimate of drug-likeness (QED) is 0.258. The van der Waals surface area contributed by atoms with E-state index in [0.29, 0.717) is 0 Å². The van der Waals surface area contributed by atoms with Crippen molar-refractivity contribution in [3.8, 4) is 0 Å². The van der Waals surface area contributed by atoms with Crippen molar-refractivity contribution in [2.75, 3.05) is 13.2 Å². The van der Waals surface area contributed by atoms with Gasteiger partial charge in [0.15, 0.2) is 0 Å². The SMILES string of the molecule is O=S(=O)(O)O.OCCO.[LiH]. The van der Waals surface area contributed by atoms with E-state index in [1.165, 1.54) is 0 Å². The molecule has 0 heterocycles. The molecular formula is C2H9LiO6S. The van der Waals surface area contributed by atoms with Crippen molar-refractivity contribution in [2.24, 2.45) is 0 Å². The Labute approximate surface area is 70.6 Å². The van der Waals surface area contributed by atoms with Crippen LogP contribution >= 0.6 is 0 Å². The first-order valence-corrected chi connectivity index (χ1v) is 3.23. The van der Waals surface area contributed by atoms with E-state index in [-0.39, 0.29) is 32.1 Å². The standard InChI is InChI=1S/C2H6O2.Li.H2O4S.H/c3-1-2-4;;1-5(2,3)4;/h3-4H,1-2H2;;(H2,1,2,3,4);. The van der Waals surface area contributed by atoms with Gasteiger partial charge in [0.2, 0.25) is 0 Å². The normalized spacial score (nSPS) is 8.80. The van der Waals surface area contributed by atoms with Crippen molar-refractivity contribution in [1.82, 2.24) is 0 Å². The Morgan fingerprint density at radius 1 is 1.00 bits per heavy atom. The van der Waals surface area contributed by atoms with Crippen LogP contribution in [0.15, 0.2) is 0 Å². The Morgan fingerprint density at radius 2 is 1.10 bits per heavy atom. The molecule has 0 atom stereocenters. The fourth-order valence-electron chi connectivity index (χ4n) is 0. The van der Waals surface area contributed by atoms with Gasteiger partial charge in [-0.05, 0) is 0 Å². The minimum absolute atomic E-state index is 0. The van der Waals surface area contributed by atoms with Gasteiger partial charge in [0.1, 0.15) is 0 Å². The molecule has 8 heteroatoms. The van der Waals surface area contributed by atoms with Gasteiger partial charge in [-0.2, -0.15) is 8.42 Å². The van der Waals surface area contributed by atoms with E-state index in [2.05, 4.69) is 0 Å². The van der Waals surface area contributed by atoms with Crippen molar-refractivity contribution in [3.63, 3.8) is 0 Å². The van der Waals surface area contributed by atoms with Gasteiger partial charge >= 0.3 is 29.3 Å². The van der Waals surface area contributed by atoms with Crippen molar-refractivity contribution in [1.29, 1.82) is 0 Å². The molecular weight excluding hydrogens is 159 g/mol. The van der Waals surface area contributed by atoms with Crippen LogP contribution in [-0.2, 0) is 10.4 Å². The third-order valence-corrected chi connectivity index (χ3v) is 0.1000. The number of rotatable bonds is 1. The topological polar surface area (TPSA) is 115 Å². The van der Waals surface area contributed by atoms with E-state index in [0.717, 1.165) is 0 Å². The van der Waals surface area contributed by atoms with E-state index in [1.54, 1.807) is 0 Å². The minimum atomic E-state index is -4.67. The summed E-state index contributed by atoms with van der Waals surface area (Å²) in [7, 11) is -4.67. The molecule has 60 valence electrons. The third kappa shape index (κ3) is 238. The molecule has 0 aliphatic carbocycles. The molecule has 6 nitrogen and oxygen atoms in total. The van der Waals surface area contributed by atoms with Gasteiger partial charge in [0.05, 0.1) is 13.2 Å². The predicted molar refractivity (Wildman–Crippen MR) is 35.5 cm³/mol. The number of hydrogen-bond acceptors (Lipinski definition) is 4. The molecule has 4 N–H and O–H groups in total. The summed E-state index contributed by atoms with van der Waals surface area (Å²) in [6, 6.07) is 0. The molecule has 10 heavy (non-hydrogen) atoms. The first-order valence-electron chi connectivity index (χ1n) is 1.83. The second kappa shape index (κ2) is 9.39. The average Bonchev–Trinajstić information content (AvgIpc) is 1.61. The molecule has 0 aromatic rings. The molecule has 0 aromatic heterocycles. The maximum absolute atomic E-state index is 8.74. The predicted octanol–water partition coefficient (Wildman–Crippen LogP) is -2.33. The van der Waals surface area contributed by atoms with Gasteiger partial charge in [-0.25, -0.2) is 0 Å². The first-order chi connectivity index (χ1) is 3.91. The van der Waals surface area contributed by atoms with Crippen LogP contribution in [0.3, 0.4) is 0 Å². The first kappa shape index (κ1) is 16.8. The zero-order valence-corrected chi connectivity index (χ0v) is 5.24. The fourth-order valence-corrected chi connectivity index (χ4v) is 0. The van der Waals surface area contributed by atoms with Crippen molar-refractivity contribution in [2.45, 2.75) is 0 Å². The number of aliphatic hydroxyl groups is 2. The second-order valence-electron chi connectivity index (χ2n) is 0.895. The molecule has 0 bridgehead atoms. The van der Waals surface area contributed by atoms with Crippen LogP contribution in [0.2, 0.25) is 0 Å². The summed E-state index contributed by atoms with van der Waals surface area (Å²) in [6.45, 7) is -0.250. The van der Waals surface area contributed by atoms with E-state index in [9.17, 15) is 0 Å². The van der Waals surface area contributed by atoms with E-state index in [1.807, 2.05) is 0 Å².